The van der Waals surface area contributed by atoms with Crippen molar-refractivity contribution >= 4 is 22.0 Å². The molecule has 5 nitrogen and oxygen atoms in total. The largest absolute Gasteiger partial charge is 0.444 e. The molecule has 0 saturated carbocycles. The number of hydrogen-bond donors (Lipinski definition) is 2. The molecule has 0 unspecified atom stereocenters. The number of alkyl carbamates (subject to hydrolysis) is 1. The maximum atomic E-state index is 11.8. The number of carbonyl (C=O) groups is 1. The SMILES string of the molecule is CC(C)(C)OC(=O)N[C@H](COCc1ccccc1)[C@H](Br)CO. The molecule has 0 heterocycles. The summed E-state index contributed by atoms with van der Waals surface area (Å²) in [5.74, 6) is 0. The molecule has 6 heteroatoms. The first-order valence-electron chi connectivity index (χ1n) is 7.18. The molecule has 1 amide bonds. The van der Waals surface area contributed by atoms with Crippen molar-refractivity contribution in [3.05, 3.63) is 35.9 Å². The Balaban J connectivity index is 2.48. The van der Waals surface area contributed by atoms with E-state index in [1.807, 2.05) is 30.3 Å². The summed E-state index contributed by atoms with van der Waals surface area (Å²) in [5, 5.41) is 12.0. The lowest BCUT2D eigenvalue weighted by atomic mass is 10.2. The Hall–Kier alpha value is -1.11. The molecule has 0 fully saturated rings. The van der Waals surface area contributed by atoms with Gasteiger partial charge < -0.3 is 19.9 Å². The van der Waals surface area contributed by atoms with Crippen LogP contribution in [-0.4, -0.2) is 40.9 Å². The highest BCUT2D eigenvalue weighted by molar-refractivity contribution is 9.09. The van der Waals surface area contributed by atoms with Crippen molar-refractivity contribution in [1.82, 2.24) is 5.32 Å². The summed E-state index contributed by atoms with van der Waals surface area (Å²) in [7, 11) is 0. The minimum absolute atomic E-state index is 0.116. The second-order valence-corrected chi connectivity index (χ2v) is 7.13. The van der Waals surface area contributed by atoms with E-state index in [2.05, 4.69) is 21.2 Å². The number of rotatable bonds is 7. The lowest BCUT2D eigenvalue weighted by molar-refractivity contribution is 0.0416. The van der Waals surface area contributed by atoms with Crippen LogP contribution in [-0.2, 0) is 16.1 Å². The van der Waals surface area contributed by atoms with Gasteiger partial charge in [0.1, 0.15) is 5.60 Å². The molecular weight excluding hydrogens is 350 g/mol. The van der Waals surface area contributed by atoms with Crippen molar-refractivity contribution in [2.45, 2.75) is 43.8 Å². The van der Waals surface area contributed by atoms with Crippen LogP contribution in [0.25, 0.3) is 0 Å². The van der Waals surface area contributed by atoms with Crippen molar-refractivity contribution in [1.29, 1.82) is 0 Å². The minimum atomic E-state index is -0.569. The molecule has 0 aliphatic carbocycles. The highest BCUT2D eigenvalue weighted by atomic mass is 79.9. The first-order valence-corrected chi connectivity index (χ1v) is 8.09. The topological polar surface area (TPSA) is 67.8 Å². The van der Waals surface area contributed by atoms with E-state index in [1.54, 1.807) is 20.8 Å². The average Bonchev–Trinajstić information content (AvgIpc) is 2.44. The van der Waals surface area contributed by atoms with Gasteiger partial charge in [0.25, 0.3) is 0 Å². The zero-order valence-electron chi connectivity index (χ0n) is 13.2. The molecule has 22 heavy (non-hydrogen) atoms. The van der Waals surface area contributed by atoms with Gasteiger partial charge in [-0.1, -0.05) is 46.3 Å². The van der Waals surface area contributed by atoms with E-state index in [-0.39, 0.29) is 24.1 Å². The maximum absolute atomic E-state index is 11.8. The first kappa shape index (κ1) is 18.9. The van der Waals surface area contributed by atoms with Gasteiger partial charge in [0, 0.05) is 0 Å². The quantitative estimate of drug-likeness (QED) is 0.721. The monoisotopic (exact) mass is 373 g/mol. The molecule has 0 aliphatic rings. The smallest absolute Gasteiger partial charge is 0.407 e. The lowest BCUT2D eigenvalue weighted by Gasteiger charge is -2.25. The van der Waals surface area contributed by atoms with E-state index < -0.39 is 11.7 Å². The number of ether oxygens (including phenoxy) is 2. The van der Waals surface area contributed by atoms with Crippen LogP contribution in [0.1, 0.15) is 26.3 Å². The Morgan fingerprint density at radius 2 is 1.95 bits per heavy atom. The van der Waals surface area contributed by atoms with Crippen LogP contribution < -0.4 is 5.32 Å². The van der Waals surface area contributed by atoms with Crippen molar-refractivity contribution in [3.8, 4) is 0 Å². The Morgan fingerprint density at radius 1 is 1.32 bits per heavy atom. The Labute approximate surface area is 140 Å². The summed E-state index contributed by atoms with van der Waals surface area (Å²) < 4.78 is 10.8. The second kappa shape index (κ2) is 9.12. The van der Waals surface area contributed by atoms with Gasteiger partial charge in [-0.05, 0) is 26.3 Å². The highest BCUT2D eigenvalue weighted by Gasteiger charge is 2.24. The molecule has 2 atom stereocenters. The number of hydrogen-bond acceptors (Lipinski definition) is 4. The van der Waals surface area contributed by atoms with Crippen LogP contribution >= 0.6 is 15.9 Å². The molecule has 0 saturated heterocycles. The van der Waals surface area contributed by atoms with E-state index in [9.17, 15) is 9.90 Å². The molecule has 124 valence electrons. The number of halogens is 1. The van der Waals surface area contributed by atoms with Gasteiger partial charge in [-0.25, -0.2) is 4.79 Å². The van der Waals surface area contributed by atoms with Crippen molar-refractivity contribution in [2.75, 3.05) is 13.2 Å². The van der Waals surface area contributed by atoms with Gasteiger partial charge >= 0.3 is 6.09 Å². The van der Waals surface area contributed by atoms with E-state index in [1.165, 1.54) is 0 Å². The molecule has 0 aliphatic heterocycles. The van der Waals surface area contributed by atoms with Gasteiger partial charge in [-0.2, -0.15) is 0 Å². The maximum Gasteiger partial charge on any atom is 0.407 e. The third-order valence-corrected chi connectivity index (χ3v) is 3.65. The molecule has 1 rings (SSSR count). The molecule has 0 spiro atoms. The van der Waals surface area contributed by atoms with E-state index >= 15 is 0 Å². The number of aliphatic hydroxyl groups excluding tert-OH is 1. The Morgan fingerprint density at radius 3 is 2.50 bits per heavy atom. The van der Waals surface area contributed by atoms with E-state index in [0.29, 0.717) is 6.61 Å². The van der Waals surface area contributed by atoms with Crippen LogP contribution in [0.5, 0.6) is 0 Å². The average molecular weight is 374 g/mol. The number of aliphatic hydroxyl groups is 1. The first-order chi connectivity index (χ1) is 10.3. The van der Waals surface area contributed by atoms with E-state index in [4.69, 9.17) is 9.47 Å². The molecule has 0 radical (unpaired) electrons. The molecule has 0 bridgehead atoms. The van der Waals surface area contributed by atoms with Crippen molar-refractivity contribution in [2.24, 2.45) is 0 Å². The van der Waals surface area contributed by atoms with Crippen LogP contribution in [0.15, 0.2) is 30.3 Å². The molecule has 1 aromatic rings. The van der Waals surface area contributed by atoms with Crippen LogP contribution in [0.4, 0.5) is 4.79 Å². The fourth-order valence-electron chi connectivity index (χ4n) is 1.70. The fourth-order valence-corrected chi connectivity index (χ4v) is 1.99. The third kappa shape index (κ3) is 7.77. The zero-order valence-corrected chi connectivity index (χ0v) is 14.8. The van der Waals surface area contributed by atoms with Crippen molar-refractivity contribution < 1.29 is 19.4 Å². The van der Waals surface area contributed by atoms with Crippen LogP contribution in [0.3, 0.4) is 0 Å². The number of alkyl halides is 1. The van der Waals surface area contributed by atoms with Crippen LogP contribution in [0.2, 0.25) is 0 Å². The number of benzene rings is 1. The molecule has 2 N–H and O–H groups in total. The second-order valence-electron chi connectivity index (χ2n) is 5.95. The summed E-state index contributed by atoms with van der Waals surface area (Å²) in [6, 6.07) is 9.37. The summed E-state index contributed by atoms with van der Waals surface area (Å²) in [4.78, 5) is 11.5. The standard InChI is InChI=1S/C16H24BrNO4/c1-16(2,3)22-15(20)18-14(13(17)9-19)11-21-10-12-7-5-4-6-8-12/h4-8,13-14,19H,9-11H2,1-3H3,(H,18,20)/t13-,14-/m1/s1. The number of amides is 1. The highest BCUT2D eigenvalue weighted by Crippen LogP contribution is 2.11. The predicted molar refractivity (Wildman–Crippen MR) is 89.1 cm³/mol. The summed E-state index contributed by atoms with van der Waals surface area (Å²) >= 11 is 3.34. The van der Waals surface area contributed by atoms with Gasteiger partial charge in [0.05, 0.1) is 30.7 Å². The molecular formula is C16H24BrNO4. The van der Waals surface area contributed by atoms with Gasteiger partial charge in [-0.3, -0.25) is 0 Å². The Bertz CT molecular complexity index is 447. The van der Waals surface area contributed by atoms with Crippen LogP contribution in [0, 0.1) is 0 Å². The van der Waals surface area contributed by atoms with Gasteiger partial charge in [0.2, 0.25) is 0 Å². The minimum Gasteiger partial charge on any atom is -0.444 e. The lowest BCUT2D eigenvalue weighted by Crippen LogP contribution is -2.47. The van der Waals surface area contributed by atoms with Gasteiger partial charge in [-0.15, -0.1) is 0 Å². The molecule has 0 aromatic heterocycles. The number of carbonyl (C=O) groups excluding carboxylic acids is 1. The predicted octanol–water partition coefficient (Wildman–Crippen LogP) is 2.85. The summed E-state index contributed by atoms with van der Waals surface area (Å²) in [5.41, 5.74) is 0.481. The summed E-state index contributed by atoms with van der Waals surface area (Å²) in [6.07, 6.45) is -0.529. The zero-order chi connectivity index (χ0) is 16.6. The normalized spacial score (nSPS) is 14.2. The van der Waals surface area contributed by atoms with Crippen molar-refractivity contribution in [3.63, 3.8) is 0 Å². The van der Waals surface area contributed by atoms with Gasteiger partial charge in [0.15, 0.2) is 0 Å². The number of nitrogens with one attached hydrogen (secondary N) is 1. The Kier molecular flexibility index (Phi) is 7.85. The van der Waals surface area contributed by atoms with E-state index in [0.717, 1.165) is 5.56 Å². The third-order valence-electron chi connectivity index (χ3n) is 2.72. The fraction of sp³-hybridized carbons (Fsp3) is 0.562. The molecule has 1 aromatic carbocycles. The summed E-state index contributed by atoms with van der Waals surface area (Å²) in [6.45, 7) is 5.99.